The fraction of sp³-hybridized carbons (Fsp3) is 0.0455. The maximum atomic E-state index is 14.1. The lowest BCUT2D eigenvalue weighted by atomic mass is 10.2. The molecule has 0 spiro atoms. The Bertz CT molecular complexity index is 1350. The van der Waals surface area contributed by atoms with E-state index < -0.39 is 21.6 Å². The summed E-state index contributed by atoms with van der Waals surface area (Å²) in [6.07, 6.45) is 4.19. The number of hydrogen-bond acceptors (Lipinski definition) is 6. The molecule has 0 saturated heterocycles. The highest BCUT2D eigenvalue weighted by Crippen LogP contribution is 2.31. The third-order valence-corrected chi connectivity index (χ3v) is 6.85. The van der Waals surface area contributed by atoms with Gasteiger partial charge in [-0.05, 0) is 35.9 Å². The lowest BCUT2D eigenvalue weighted by Crippen LogP contribution is -2.28. The molecular weight excluding hydrogens is 437 g/mol. The first-order chi connectivity index (χ1) is 14.9. The van der Waals surface area contributed by atoms with Gasteiger partial charge in [0.2, 0.25) is 0 Å². The van der Waals surface area contributed by atoms with E-state index in [9.17, 15) is 17.6 Å². The van der Waals surface area contributed by atoms with Crippen molar-refractivity contribution in [3.8, 4) is 0 Å². The molecule has 1 amide bonds. The van der Waals surface area contributed by atoms with Crippen LogP contribution in [-0.4, -0.2) is 24.3 Å². The summed E-state index contributed by atoms with van der Waals surface area (Å²) in [4.78, 5) is 22.7. The van der Waals surface area contributed by atoms with Crippen LogP contribution >= 0.6 is 11.3 Å². The molecule has 2 aromatic heterocycles. The molecule has 0 aliphatic heterocycles. The third-order valence-electron chi connectivity index (χ3n) is 4.38. The van der Waals surface area contributed by atoms with Gasteiger partial charge < -0.3 is 0 Å². The minimum Gasteiger partial charge on any atom is -0.280 e. The van der Waals surface area contributed by atoms with Gasteiger partial charge >= 0.3 is 0 Å². The normalized spacial score (nSPS) is 11.8. The SMILES string of the molecule is O=C(C=CS(=O)(=O)c1ccccc1)N(Cc1cccnc1)c1nc2c(F)cccc2s1. The Labute approximate surface area is 182 Å². The van der Waals surface area contributed by atoms with Crippen LogP contribution in [0.3, 0.4) is 0 Å². The number of thiazole rings is 1. The number of para-hydroxylation sites is 1. The van der Waals surface area contributed by atoms with Crippen LogP contribution in [0.15, 0.2) is 89.4 Å². The van der Waals surface area contributed by atoms with E-state index in [1.807, 2.05) is 0 Å². The van der Waals surface area contributed by atoms with Crippen LogP contribution in [0.25, 0.3) is 10.2 Å². The minimum atomic E-state index is -3.79. The monoisotopic (exact) mass is 453 g/mol. The van der Waals surface area contributed by atoms with Crippen LogP contribution in [-0.2, 0) is 21.2 Å². The predicted molar refractivity (Wildman–Crippen MR) is 118 cm³/mol. The zero-order valence-electron chi connectivity index (χ0n) is 16.1. The molecule has 4 rings (SSSR count). The third kappa shape index (κ3) is 4.68. The van der Waals surface area contributed by atoms with Crippen molar-refractivity contribution < 1.29 is 17.6 Å². The van der Waals surface area contributed by atoms with E-state index in [2.05, 4.69) is 9.97 Å². The molecule has 0 radical (unpaired) electrons. The molecule has 0 atom stereocenters. The molecule has 0 N–H and O–H groups in total. The Kier molecular flexibility index (Phi) is 5.88. The predicted octanol–water partition coefficient (Wildman–Crippen LogP) is 4.35. The second-order valence-corrected chi connectivity index (χ2v) is 9.37. The number of carbonyl (C=O) groups excluding carboxylic acids is 1. The first kappa shape index (κ1) is 20.8. The number of aromatic nitrogens is 2. The molecule has 156 valence electrons. The smallest absolute Gasteiger partial charge is 0.253 e. The van der Waals surface area contributed by atoms with Crippen molar-refractivity contribution in [2.24, 2.45) is 0 Å². The van der Waals surface area contributed by atoms with Crippen LogP contribution in [0.4, 0.5) is 9.52 Å². The highest BCUT2D eigenvalue weighted by molar-refractivity contribution is 7.94. The number of nitrogens with zero attached hydrogens (tertiary/aromatic N) is 3. The van der Waals surface area contributed by atoms with E-state index in [-0.39, 0.29) is 22.1 Å². The van der Waals surface area contributed by atoms with Gasteiger partial charge in [-0.3, -0.25) is 14.7 Å². The Balaban J connectivity index is 1.69. The second-order valence-electron chi connectivity index (χ2n) is 6.53. The zero-order chi connectivity index (χ0) is 21.8. The average Bonchev–Trinajstić information content (AvgIpc) is 3.23. The van der Waals surface area contributed by atoms with Crippen molar-refractivity contribution in [3.63, 3.8) is 0 Å². The summed E-state index contributed by atoms with van der Waals surface area (Å²) in [6, 6.07) is 15.9. The van der Waals surface area contributed by atoms with E-state index in [4.69, 9.17) is 0 Å². The van der Waals surface area contributed by atoms with Crippen molar-refractivity contribution in [2.75, 3.05) is 4.90 Å². The van der Waals surface area contributed by atoms with Gasteiger partial charge in [-0.2, -0.15) is 0 Å². The largest absolute Gasteiger partial charge is 0.280 e. The molecule has 9 heteroatoms. The maximum absolute atomic E-state index is 14.1. The van der Waals surface area contributed by atoms with Crippen LogP contribution in [0, 0.1) is 5.82 Å². The number of carbonyl (C=O) groups is 1. The summed E-state index contributed by atoms with van der Waals surface area (Å²) in [6.45, 7) is 0.101. The van der Waals surface area contributed by atoms with Gasteiger partial charge in [0, 0.05) is 23.9 Å². The lowest BCUT2D eigenvalue weighted by Gasteiger charge is -2.18. The zero-order valence-corrected chi connectivity index (χ0v) is 17.7. The maximum Gasteiger partial charge on any atom is 0.253 e. The summed E-state index contributed by atoms with van der Waals surface area (Å²) < 4.78 is 39.7. The second kappa shape index (κ2) is 8.75. The molecule has 0 aliphatic carbocycles. The molecule has 2 heterocycles. The topological polar surface area (TPSA) is 80.2 Å². The standard InChI is InChI=1S/C22H16FN3O3S2/c23-18-9-4-10-19-21(18)25-22(30-19)26(15-16-6-5-12-24-14-16)20(27)11-13-31(28,29)17-7-2-1-3-8-17/h1-14H,15H2. The van der Waals surface area contributed by atoms with Gasteiger partial charge in [-0.1, -0.05) is 41.7 Å². The lowest BCUT2D eigenvalue weighted by molar-refractivity contribution is -0.114. The van der Waals surface area contributed by atoms with Crippen LogP contribution in [0.5, 0.6) is 0 Å². The first-order valence-corrected chi connectivity index (χ1v) is 11.5. The average molecular weight is 454 g/mol. The van der Waals surface area contributed by atoms with Gasteiger partial charge in [0.25, 0.3) is 5.91 Å². The van der Waals surface area contributed by atoms with Gasteiger partial charge in [-0.15, -0.1) is 0 Å². The van der Waals surface area contributed by atoms with E-state index in [1.54, 1.807) is 54.9 Å². The van der Waals surface area contributed by atoms with Crippen molar-refractivity contribution in [3.05, 3.63) is 95.9 Å². The summed E-state index contributed by atoms with van der Waals surface area (Å²) in [7, 11) is -3.79. The van der Waals surface area contributed by atoms with Gasteiger partial charge in [0.1, 0.15) is 11.3 Å². The quantitative estimate of drug-likeness (QED) is 0.406. The number of benzene rings is 2. The van der Waals surface area contributed by atoms with Gasteiger partial charge in [0.15, 0.2) is 15.0 Å². The minimum absolute atomic E-state index is 0.0833. The first-order valence-electron chi connectivity index (χ1n) is 9.18. The Hall–Kier alpha value is -3.43. The number of amides is 1. The van der Waals surface area contributed by atoms with Gasteiger partial charge in [0.05, 0.1) is 16.1 Å². The molecule has 0 saturated carbocycles. The number of pyridine rings is 1. The molecule has 4 aromatic rings. The summed E-state index contributed by atoms with van der Waals surface area (Å²) in [5, 5.41) is 1.13. The number of anilines is 1. The van der Waals surface area contributed by atoms with Crippen molar-refractivity contribution >= 4 is 42.4 Å². The highest BCUT2D eigenvalue weighted by atomic mass is 32.2. The molecule has 0 aliphatic rings. The van der Waals surface area contributed by atoms with Crippen LogP contribution in [0.2, 0.25) is 0 Å². The van der Waals surface area contributed by atoms with Crippen molar-refractivity contribution in [1.29, 1.82) is 0 Å². The molecule has 0 bridgehead atoms. The number of hydrogen-bond donors (Lipinski definition) is 0. The number of sulfone groups is 1. The molecule has 6 nitrogen and oxygen atoms in total. The summed E-state index contributed by atoms with van der Waals surface area (Å²) in [5.74, 6) is -1.08. The molecular formula is C22H16FN3O3S2. The van der Waals surface area contributed by atoms with E-state index in [0.717, 1.165) is 28.4 Å². The van der Waals surface area contributed by atoms with Gasteiger partial charge in [-0.25, -0.2) is 17.8 Å². The summed E-state index contributed by atoms with van der Waals surface area (Å²) in [5.41, 5.74) is 0.877. The molecule has 31 heavy (non-hydrogen) atoms. The van der Waals surface area contributed by atoms with E-state index >= 15 is 0 Å². The number of rotatable bonds is 6. The van der Waals surface area contributed by atoms with E-state index in [1.165, 1.54) is 23.1 Å². The highest BCUT2D eigenvalue weighted by Gasteiger charge is 2.21. The summed E-state index contributed by atoms with van der Waals surface area (Å²) >= 11 is 1.15. The van der Waals surface area contributed by atoms with Crippen LogP contribution in [0.1, 0.15) is 5.56 Å². The Morgan fingerprint density at radius 3 is 2.58 bits per heavy atom. The molecule has 0 unspecified atom stereocenters. The molecule has 0 fully saturated rings. The fourth-order valence-corrected chi connectivity index (χ4v) is 4.83. The van der Waals surface area contributed by atoms with Crippen molar-refractivity contribution in [1.82, 2.24) is 9.97 Å². The fourth-order valence-electron chi connectivity index (χ4n) is 2.86. The molecule has 2 aromatic carbocycles. The van der Waals surface area contributed by atoms with Crippen LogP contribution < -0.4 is 4.90 Å². The Morgan fingerprint density at radius 1 is 1.06 bits per heavy atom. The number of fused-ring (bicyclic) bond motifs is 1. The van der Waals surface area contributed by atoms with E-state index in [0.29, 0.717) is 4.70 Å². The van der Waals surface area contributed by atoms with Crippen molar-refractivity contribution in [2.45, 2.75) is 11.4 Å². The Morgan fingerprint density at radius 2 is 1.87 bits per heavy atom. The number of halogens is 1.